The summed E-state index contributed by atoms with van der Waals surface area (Å²) in [7, 11) is 0. The lowest BCUT2D eigenvalue weighted by atomic mass is 10.0. The zero-order chi connectivity index (χ0) is 19.6. The summed E-state index contributed by atoms with van der Waals surface area (Å²) in [5.41, 5.74) is 13.8. The van der Waals surface area contributed by atoms with Crippen LogP contribution in [0.15, 0.2) is 35.5 Å². The second-order valence-corrected chi connectivity index (χ2v) is 7.81. The first-order valence-corrected chi connectivity index (χ1v) is 9.84. The molecule has 0 bridgehead atoms. The van der Waals surface area contributed by atoms with E-state index in [2.05, 4.69) is 58.7 Å². The van der Waals surface area contributed by atoms with Gasteiger partial charge in [0.1, 0.15) is 0 Å². The highest BCUT2D eigenvalue weighted by atomic mass is 32.1. The van der Waals surface area contributed by atoms with E-state index in [0.717, 1.165) is 24.1 Å². The van der Waals surface area contributed by atoms with E-state index in [1.54, 1.807) is 6.20 Å². The van der Waals surface area contributed by atoms with Gasteiger partial charge in [-0.1, -0.05) is 36.8 Å². The van der Waals surface area contributed by atoms with Crippen LogP contribution in [0.5, 0.6) is 0 Å². The highest BCUT2D eigenvalue weighted by Gasteiger charge is 2.07. The van der Waals surface area contributed by atoms with Gasteiger partial charge in [-0.3, -0.25) is 10.3 Å². The van der Waals surface area contributed by atoms with E-state index >= 15 is 0 Å². The number of rotatable bonds is 8. The second kappa shape index (κ2) is 10.5. The molecule has 0 radical (unpaired) electrons. The van der Waals surface area contributed by atoms with Gasteiger partial charge in [0.15, 0.2) is 11.1 Å². The Morgan fingerprint density at radius 2 is 2.07 bits per heavy atom. The molecule has 1 heterocycles. The molecule has 2 aromatic rings. The van der Waals surface area contributed by atoms with Crippen LogP contribution in [0.2, 0.25) is 0 Å². The number of amides is 2. The third-order valence-corrected chi connectivity index (χ3v) is 4.88. The summed E-state index contributed by atoms with van der Waals surface area (Å²) in [6.07, 6.45) is 4.34. The number of anilines is 1. The Kier molecular flexibility index (Phi) is 8.06. The predicted molar refractivity (Wildman–Crippen MR) is 112 cm³/mol. The fraction of sp³-hybridized carbons (Fsp3) is 0.421. The van der Waals surface area contributed by atoms with Crippen molar-refractivity contribution in [3.05, 3.63) is 46.5 Å². The lowest BCUT2D eigenvalue weighted by Crippen LogP contribution is -2.44. The van der Waals surface area contributed by atoms with Crippen molar-refractivity contribution in [2.45, 2.75) is 33.1 Å². The molecule has 1 aromatic heterocycles. The molecular formula is C19H28N6OS. The molecule has 1 atom stereocenters. The van der Waals surface area contributed by atoms with E-state index in [4.69, 9.17) is 11.5 Å². The lowest BCUT2D eigenvalue weighted by molar-refractivity contribution is 0.243. The molecule has 6 N–H and O–H groups in total. The Hall–Kier alpha value is -2.61. The van der Waals surface area contributed by atoms with E-state index in [1.807, 2.05) is 0 Å². The molecule has 0 saturated carbocycles. The molecule has 0 aliphatic rings. The Labute approximate surface area is 164 Å². The molecule has 1 unspecified atom stereocenters. The first-order valence-electron chi connectivity index (χ1n) is 9.03. The summed E-state index contributed by atoms with van der Waals surface area (Å²) >= 11 is 1.47. The summed E-state index contributed by atoms with van der Waals surface area (Å²) in [6, 6.07) is 8.11. The SMILES string of the molecule is Cc1ccc(CC(C)CNC(=O)NC(N)=NCCCc2cnc(N)s2)cc1. The van der Waals surface area contributed by atoms with Gasteiger partial charge < -0.3 is 16.8 Å². The fourth-order valence-electron chi connectivity index (χ4n) is 2.56. The van der Waals surface area contributed by atoms with E-state index in [0.29, 0.717) is 24.1 Å². The number of thiazole rings is 1. The number of carbonyl (C=O) groups excluding carboxylic acids is 1. The third kappa shape index (κ3) is 8.08. The van der Waals surface area contributed by atoms with Crippen molar-refractivity contribution in [1.29, 1.82) is 0 Å². The lowest BCUT2D eigenvalue weighted by Gasteiger charge is -2.13. The van der Waals surface area contributed by atoms with Crippen LogP contribution >= 0.6 is 11.3 Å². The number of aryl methyl sites for hydroxylation is 2. The Morgan fingerprint density at radius 1 is 1.33 bits per heavy atom. The minimum atomic E-state index is -0.331. The summed E-state index contributed by atoms with van der Waals surface area (Å²) < 4.78 is 0. The Balaban J connectivity index is 1.62. The minimum Gasteiger partial charge on any atom is -0.375 e. The van der Waals surface area contributed by atoms with Gasteiger partial charge in [0.25, 0.3) is 0 Å². The highest BCUT2D eigenvalue weighted by molar-refractivity contribution is 7.15. The Morgan fingerprint density at radius 3 is 2.74 bits per heavy atom. The zero-order valence-corrected chi connectivity index (χ0v) is 16.7. The van der Waals surface area contributed by atoms with E-state index in [9.17, 15) is 4.79 Å². The summed E-state index contributed by atoms with van der Waals surface area (Å²) in [6.45, 7) is 5.28. The van der Waals surface area contributed by atoms with E-state index in [1.165, 1.54) is 22.5 Å². The number of hydrogen-bond acceptors (Lipinski definition) is 5. The van der Waals surface area contributed by atoms with E-state index < -0.39 is 0 Å². The van der Waals surface area contributed by atoms with Crippen LogP contribution in [-0.4, -0.2) is 30.1 Å². The highest BCUT2D eigenvalue weighted by Crippen LogP contribution is 2.15. The van der Waals surface area contributed by atoms with Crippen molar-refractivity contribution in [2.24, 2.45) is 16.6 Å². The average Bonchev–Trinajstić information content (AvgIpc) is 3.04. The van der Waals surface area contributed by atoms with Gasteiger partial charge in [-0.2, -0.15) is 0 Å². The van der Waals surface area contributed by atoms with Crippen molar-refractivity contribution in [2.75, 3.05) is 18.8 Å². The smallest absolute Gasteiger partial charge is 0.321 e. The van der Waals surface area contributed by atoms with Crippen molar-refractivity contribution in [3.63, 3.8) is 0 Å². The number of aliphatic imine (C=N–C) groups is 1. The van der Waals surface area contributed by atoms with Gasteiger partial charge in [-0.25, -0.2) is 9.78 Å². The molecule has 0 aliphatic heterocycles. The normalized spacial score (nSPS) is 12.6. The molecular weight excluding hydrogens is 360 g/mol. The van der Waals surface area contributed by atoms with Gasteiger partial charge in [0, 0.05) is 24.2 Å². The van der Waals surface area contributed by atoms with Crippen LogP contribution in [0.1, 0.15) is 29.3 Å². The van der Waals surface area contributed by atoms with Gasteiger partial charge in [-0.05, 0) is 37.7 Å². The number of hydrogen-bond donors (Lipinski definition) is 4. The first-order chi connectivity index (χ1) is 12.9. The van der Waals surface area contributed by atoms with Crippen molar-refractivity contribution in [3.8, 4) is 0 Å². The quantitative estimate of drug-likeness (QED) is 0.315. The van der Waals surface area contributed by atoms with Gasteiger partial charge in [0.05, 0.1) is 0 Å². The number of nitrogens with one attached hydrogen (secondary N) is 2. The van der Waals surface area contributed by atoms with Gasteiger partial charge >= 0.3 is 6.03 Å². The standard InChI is InChI=1S/C19H28N6OS/c1-13-5-7-15(8-6-13)10-14(2)11-24-19(26)25-17(20)22-9-3-4-16-12-23-18(21)27-16/h5-8,12,14H,3-4,9-11H2,1-2H3,(H2,21,23)(H4,20,22,24,25,26). The average molecular weight is 389 g/mol. The zero-order valence-electron chi connectivity index (χ0n) is 15.9. The van der Waals surface area contributed by atoms with Crippen molar-refractivity contribution >= 4 is 28.5 Å². The maximum Gasteiger partial charge on any atom is 0.321 e. The van der Waals surface area contributed by atoms with Gasteiger partial charge in [-0.15, -0.1) is 11.3 Å². The molecule has 0 fully saturated rings. The second-order valence-electron chi connectivity index (χ2n) is 6.67. The number of nitrogens with zero attached hydrogens (tertiary/aromatic N) is 2. The summed E-state index contributed by atoms with van der Waals surface area (Å²) in [5, 5.41) is 5.96. The number of nitrogens with two attached hydrogens (primary N) is 2. The number of benzene rings is 1. The Bertz CT molecular complexity index is 756. The van der Waals surface area contributed by atoms with Crippen LogP contribution < -0.4 is 22.1 Å². The molecule has 0 aliphatic carbocycles. The largest absolute Gasteiger partial charge is 0.375 e. The van der Waals surface area contributed by atoms with Crippen molar-refractivity contribution < 1.29 is 4.79 Å². The fourth-order valence-corrected chi connectivity index (χ4v) is 3.28. The van der Waals surface area contributed by atoms with Crippen LogP contribution in [0.4, 0.5) is 9.93 Å². The van der Waals surface area contributed by atoms with Crippen molar-refractivity contribution in [1.82, 2.24) is 15.6 Å². The molecule has 2 rings (SSSR count). The number of carbonyl (C=O) groups is 1. The summed E-state index contributed by atoms with van der Waals surface area (Å²) in [4.78, 5) is 21.2. The number of aromatic nitrogens is 1. The molecule has 0 spiro atoms. The van der Waals surface area contributed by atoms with Crippen LogP contribution in [-0.2, 0) is 12.8 Å². The number of nitrogen functional groups attached to an aromatic ring is 1. The van der Waals surface area contributed by atoms with Crippen LogP contribution in [0.3, 0.4) is 0 Å². The number of urea groups is 1. The topological polar surface area (TPSA) is 118 Å². The molecule has 1 aromatic carbocycles. The van der Waals surface area contributed by atoms with Crippen LogP contribution in [0.25, 0.3) is 0 Å². The maximum absolute atomic E-state index is 11.9. The molecule has 146 valence electrons. The molecule has 2 amide bonds. The predicted octanol–water partition coefficient (Wildman–Crippen LogP) is 2.46. The minimum absolute atomic E-state index is 0.127. The van der Waals surface area contributed by atoms with E-state index in [-0.39, 0.29) is 12.0 Å². The molecule has 27 heavy (non-hydrogen) atoms. The first kappa shape index (κ1) is 20.7. The summed E-state index contributed by atoms with van der Waals surface area (Å²) in [5.74, 6) is 0.450. The maximum atomic E-state index is 11.9. The molecule has 0 saturated heterocycles. The molecule has 7 nitrogen and oxygen atoms in total. The number of guanidine groups is 1. The third-order valence-electron chi connectivity index (χ3n) is 3.99. The monoisotopic (exact) mass is 388 g/mol. The van der Waals surface area contributed by atoms with Gasteiger partial charge in [0.2, 0.25) is 0 Å². The van der Waals surface area contributed by atoms with Crippen LogP contribution in [0, 0.1) is 12.8 Å². The molecule has 8 heteroatoms.